The summed E-state index contributed by atoms with van der Waals surface area (Å²) in [6.45, 7) is 2.40. The van der Waals surface area contributed by atoms with Crippen molar-refractivity contribution in [1.29, 1.82) is 0 Å². The molecule has 1 atom stereocenters. The third-order valence-corrected chi connectivity index (χ3v) is 3.32. The summed E-state index contributed by atoms with van der Waals surface area (Å²) in [6, 6.07) is 8.34. The molecule has 0 aromatic heterocycles. The van der Waals surface area contributed by atoms with Gasteiger partial charge in [0.2, 0.25) is 5.91 Å². The summed E-state index contributed by atoms with van der Waals surface area (Å²) in [5, 5.41) is 0. The lowest BCUT2D eigenvalue weighted by Gasteiger charge is -2.18. The Morgan fingerprint density at radius 2 is 2.08 bits per heavy atom. The topological polar surface area (TPSA) is 94.2 Å². The van der Waals surface area contributed by atoms with Crippen molar-refractivity contribution in [2.24, 2.45) is 0 Å². The van der Waals surface area contributed by atoms with Gasteiger partial charge >= 0.3 is 12.1 Å². The average molecular weight is 336 g/mol. The van der Waals surface area contributed by atoms with Gasteiger partial charge in [-0.3, -0.25) is 14.4 Å². The van der Waals surface area contributed by atoms with Gasteiger partial charge in [0.05, 0.1) is 26.2 Å². The maximum absolute atomic E-state index is 12.1. The third kappa shape index (κ3) is 5.04. The van der Waals surface area contributed by atoms with E-state index in [0.29, 0.717) is 0 Å². The first-order chi connectivity index (χ1) is 11.6. The highest BCUT2D eigenvalue weighted by Gasteiger charge is 2.32. The molecule has 1 aromatic carbocycles. The second-order valence-corrected chi connectivity index (χ2v) is 5.06. The molecule has 1 aliphatic heterocycles. The number of carbonyl (C=O) groups excluding carboxylic acids is 3. The Hall–Kier alpha value is -2.45. The summed E-state index contributed by atoms with van der Waals surface area (Å²) in [7, 11) is 0. The van der Waals surface area contributed by atoms with Crippen molar-refractivity contribution < 1.29 is 28.7 Å². The van der Waals surface area contributed by atoms with Crippen LogP contribution in [-0.4, -0.2) is 48.7 Å². The van der Waals surface area contributed by atoms with E-state index in [1.807, 2.05) is 30.3 Å². The molecule has 1 fully saturated rings. The summed E-state index contributed by atoms with van der Waals surface area (Å²) in [5.41, 5.74) is 3.45. The van der Waals surface area contributed by atoms with Gasteiger partial charge in [-0.2, -0.15) is 5.48 Å². The fourth-order valence-electron chi connectivity index (χ4n) is 2.12. The van der Waals surface area contributed by atoms with Crippen LogP contribution < -0.4 is 5.48 Å². The Kier molecular flexibility index (Phi) is 6.71. The van der Waals surface area contributed by atoms with Gasteiger partial charge in [0.25, 0.3) is 0 Å². The molecule has 8 heteroatoms. The molecule has 1 N–H and O–H groups in total. The molecular formula is C16H20N2O6. The van der Waals surface area contributed by atoms with Gasteiger partial charge in [-0.05, 0) is 12.5 Å². The second-order valence-electron chi connectivity index (χ2n) is 5.06. The second kappa shape index (κ2) is 8.99. The van der Waals surface area contributed by atoms with Crippen molar-refractivity contribution in [3.8, 4) is 0 Å². The highest BCUT2D eigenvalue weighted by molar-refractivity contribution is 5.95. The molecule has 1 aromatic rings. The number of esters is 1. The van der Waals surface area contributed by atoms with E-state index in [9.17, 15) is 14.4 Å². The Morgan fingerprint density at radius 1 is 1.33 bits per heavy atom. The standard InChI is InChI=1S/C16H20N2O6/c1-2-22-15(20)13(10-14(19)18-8-9-23-16(18)21)17-24-11-12-6-4-3-5-7-12/h3-7,13,17H,2,8-11H2,1H3/t13-/m0/s1. The van der Waals surface area contributed by atoms with Crippen LogP contribution in [0.3, 0.4) is 0 Å². The largest absolute Gasteiger partial charge is 0.465 e. The van der Waals surface area contributed by atoms with E-state index in [1.165, 1.54) is 0 Å². The number of benzene rings is 1. The number of hydrogen-bond donors (Lipinski definition) is 1. The molecule has 2 rings (SSSR count). The number of hydroxylamine groups is 1. The van der Waals surface area contributed by atoms with E-state index < -0.39 is 24.0 Å². The minimum absolute atomic E-state index is 0.159. The average Bonchev–Trinajstić information content (AvgIpc) is 3.01. The zero-order chi connectivity index (χ0) is 17.4. The molecule has 1 saturated heterocycles. The lowest BCUT2D eigenvalue weighted by atomic mass is 10.2. The van der Waals surface area contributed by atoms with Crippen LogP contribution in [0.15, 0.2) is 30.3 Å². The van der Waals surface area contributed by atoms with Crippen LogP contribution in [0, 0.1) is 0 Å². The van der Waals surface area contributed by atoms with Crippen molar-refractivity contribution in [3.63, 3.8) is 0 Å². The van der Waals surface area contributed by atoms with Crippen molar-refractivity contribution >= 4 is 18.0 Å². The number of amides is 2. The summed E-state index contributed by atoms with van der Waals surface area (Å²) in [6.07, 6.45) is -0.962. The maximum atomic E-state index is 12.1. The van der Waals surface area contributed by atoms with Crippen LogP contribution in [0.2, 0.25) is 0 Å². The van der Waals surface area contributed by atoms with Gasteiger partial charge in [-0.25, -0.2) is 9.69 Å². The molecule has 0 spiro atoms. The Bertz CT molecular complexity index is 577. The van der Waals surface area contributed by atoms with E-state index in [0.717, 1.165) is 10.5 Å². The highest BCUT2D eigenvalue weighted by atomic mass is 16.6. The molecule has 1 aliphatic rings. The first kappa shape index (κ1) is 17.9. The van der Waals surface area contributed by atoms with Crippen molar-refractivity contribution in [2.75, 3.05) is 19.8 Å². The smallest absolute Gasteiger partial charge is 0.416 e. The van der Waals surface area contributed by atoms with Crippen LogP contribution in [0.1, 0.15) is 18.9 Å². The van der Waals surface area contributed by atoms with Gasteiger partial charge in [0, 0.05) is 0 Å². The predicted octanol–water partition coefficient (Wildman–Crippen LogP) is 1.01. The van der Waals surface area contributed by atoms with Gasteiger partial charge < -0.3 is 9.47 Å². The molecule has 0 radical (unpaired) electrons. The minimum atomic E-state index is -1.01. The van der Waals surface area contributed by atoms with Crippen LogP contribution in [0.25, 0.3) is 0 Å². The predicted molar refractivity (Wildman–Crippen MR) is 82.5 cm³/mol. The molecule has 0 saturated carbocycles. The zero-order valence-corrected chi connectivity index (χ0v) is 13.4. The molecule has 24 heavy (non-hydrogen) atoms. The van der Waals surface area contributed by atoms with Gasteiger partial charge in [0.1, 0.15) is 12.6 Å². The lowest BCUT2D eigenvalue weighted by molar-refractivity contribution is -0.153. The highest BCUT2D eigenvalue weighted by Crippen LogP contribution is 2.09. The zero-order valence-electron chi connectivity index (χ0n) is 13.4. The van der Waals surface area contributed by atoms with E-state index in [-0.39, 0.29) is 32.8 Å². The van der Waals surface area contributed by atoms with E-state index in [4.69, 9.17) is 14.3 Å². The van der Waals surface area contributed by atoms with Crippen molar-refractivity contribution in [2.45, 2.75) is 26.0 Å². The minimum Gasteiger partial charge on any atom is -0.465 e. The maximum Gasteiger partial charge on any atom is 0.416 e. The first-order valence-corrected chi connectivity index (χ1v) is 7.66. The Labute approximate surface area is 139 Å². The number of imide groups is 1. The number of nitrogens with zero attached hydrogens (tertiary/aromatic N) is 1. The Morgan fingerprint density at radius 3 is 2.71 bits per heavy atom. The van der Waals surface area contributed by atoms with E-state index >= 15 is 0 Å². The summed E-state index contributed by atoms with van der Waals surface area (Å²) >= 11 is 0. The molecule has 0 bridgehead atoms. The first-order valence-electron chi connectivity index (χ1n) is 7.66. The number of rotatable bonds is 8. The monoisotopic (exact) mass is 336 g/mol. The number of carbonyl (C=O) groups is 3. The van der Waals surface area contributed by atoms with E-state index in [1.54, 1.807) is 6.92 Å². The lowest BCUT2D eigenvalue weighted by Crippen LogP contribution is -2.43. The molecule has 1 heterocycles. The van der Waals surface area contributed by atoms with Gasteiger partial charge in [0.15, 0.2) is 0 Å². The SMILES string of the molecule is CCOC(=O)[C@H](CC(=O)N1CCOC1=O)NOCc1ccccc1. The summed E-state index contributed by atoms with van der Waals surface area (Å²) < 4.78 is 9.64. The van der Waals surface area contributed by atoms with Crippen molar-refractivity contribution in [1.82, 2.24) is 10.4 Å². The molecule has 8 nitrogen and oxygen atoms in total. The van der Waals surface area contributed by atoms with Crippen LogP contribution in [0.5, 0.6) is 0 Å². The van der Waals surface area contributed by atoms with Crippen LogP contribution >= 0.6 is 0 Å². The number of ether oxygens (including phenoxy) is 2. The summed E-state index contributed by atoms with van der Waals surface area (Å²) in [4.78, 5) is 41.8. The number of hydrogen-bond acceptors (Lipinski definition) is 7. The normalized spacial score (nSPS) is 15.0. The van der Waals surface area contributed by atoms with Gasteiger partial charge in [-0.15, -0.1) is 0 Å². The fourth-order valence-corrected chi connectivity index (χ4v) is 2.12. The number of nitrogens with one attached hydrogen (secondary N) is 1. The van der Waals surface area contributed by atoms with Crippen LogP contribution in [0.4, 0.5) is 4.79 Å². The molecular weight excluding hydrogens is 316 g/mol. The molecule has 130 valence electrons. The van der Waals surface area contributed by atoms with Crippen molar-refractivity contribution in [3.05, 3.63) is 35.9 Å². The third-order valence-electron chi connectivity index (χ3n) is 3.32. The quantitative estimate of drug-likeness (QED) is 0.559. The molecule has 0 unspecified atom stereocenters. The van der Waals surface area contributed by atoms with Gasteiger partial charge in [-0.1, -0.05) is 30.3 Å². The summed E-state index contributed by atoms with van der Waals surface area (Å²) in [5.74, 6) is -1.14. The fraction of sp³-hybridized carbons (Fsp3) is 0.438. The Balaban J connectivity index is 1.90. The molecule has 2 amide bonds. The molecule has 0 aliphatic carbocycles. The van der Waals surface area contributed by atoms with Crippen LogP contribution in [-0.2, 0) is 30.5 Å². The van der Waals surface area contributed by atoms with E-state index in [2.05, 4.69) is 5.48 Å². The number of cyclic esters (lactones) is 1.